The number of hydrogen-bond acceptors (Lipinski definition) is 4. The quantitative estimate of drug-likeness (QED) is 0.675. The molecule has 2 aromatic heterocycles. The van der Waals surface area contributed by atoms with Crippen molar-refractivity contribution in [2.75, 3.05) is 13.7 Å². The van der Waals surface area contributed by atoms with E-state index in [0.717, 1.165) is 53.4 Å². The Kier molecular flexibility index (Phi) is 5.61. The van der Waals surface area contributed by atoms with Crippen LogP contribution in [-0.2, 0) is 11.2 Å². The Morgan fingerprint density at radius 2 is 2.07 bits per heavy atom. The highest BCUT2D eigenvalue weighted by Crippen LogP contribution is 2.36. The molecule has 0 fully saturated rings. The first kappa shape index (κ1) is 20.2. The highest BCUT2D eigenvalue weighted by atomic mass is 16.5. The molecule has 1 amide bonds. The Balaban J connectivity index is 1.74. The zero-order chi connectivity index (χ0) is 21.3. The molecule has 7 nitrogen and oxygen atoms in total. The SMILES string of the molecule is CCCC(C(=O)N1CCc2[nH]cnc2C1c1ccc(OC)cc1)n1nc(C)cc1C. The van der Waals surface area contributed by atoms with E-state index < -0.39 is 0 Å². The summed E-state index contributed by atoms with van der Waals surface area (Å²) in [5.74, 6) is 0.888. The van der Waals surface area contributed by atoms with Gasteiger partial charge in [0.15, 0.2) is 0 Å². The van der Waals surface area contributed by atoms with Gasteiger partial charge in [0.2, 0.25) is 5.91 Å². The largest absolute Gasteiger partial charge is 0.497 e. The van der Waals surface area contributed by atoms with Crippen LogP contribution in [0.3, 0.4) is 0 Å². The number of aromatic amines is 1. The molecular weight excluding hydrogens is 378 g/mol. The van der Waals surface area contributed by atoms with Crippen molar-refractivity contribution in [1.82, 2.24) is 24.6 Å². The van der Waals surface area contributed by atoms with Crippen molar-refractivity contribution in [3.05, 3.63) is 65.0 Å². The topological polar surface area (TPSA) is 76.0 Å². The number of fused-ring (bicyclic) bond motifs is 1. The fraction of sp³-hybridized carbons (Fsp3) is 0.435. The Bertz CT molecular complexity index is 1020. The summed E-state index contributed by atoms with van der Waals surface area (Å²) in [7, 11) is 1.65. The Morgan fingerprint density at radius 1 is 1.30 bits per heavy atom. The first-order valence-electron chi connectivity index (χ1n) is 10.5. The third-order valence-corrected chi connectivity index (χ3v) is 5.83. The van der Waals surface area contributed by atoms with Crippen molar-refractivity contribution in [1.29, 1.82) is 0 Å². The molecule has 7 heteroatoms. The normalized spacial score (nSPS) is 16.9. The number of benzene rings is 1. The number of nitrogens with zero attached hydrogens (tertiary/aromatic N) is 4. The Labute approximate surface area is 177 Å². The Hall–Kier alpha value is -3.09. The number of carbonyl (C=O) groups is 1. The summed E-state index contributed by atoms with van der Waals surface area (Å²) in [5.41, 5.74) is 4.99. The lowest BCUT2D eigenvalue weighted by Gasteiger charge is -2.37. The molecule has 1 N–H and O–H groups in total. The van der Waals surface area contributed by atoms with Crippen LogP contribution in [0.2, 0.25) is 0 Å². The third kappa shape index (κ3) is 3.60. The fourth-order valence-electron chi connectivity index (χ4n) is 4.41. The molecule has 158 valence electrons. The van der Waals surface area contributed by atoms with E-state index in [2.05, 4.69) is 22.0 Å². The maximum Gasteiger partial charge on any atom is 0.248 e. The van der Waals surface area contributed by atoms with Crippen LogP contribution in [0.4, 0.5) is 0 Å². The van der Waals surface area contributed by atoms with Gasteiger partial charge in [0, 0.05) is 24.4 Å². The summed E-state index contributed by atoms with van der Waals surface area (Å²) in [6.45, 7) is 6.73. The molecule has 1 aromatic carbocycles. The Morgan fingerprint density at radius 3 is 2.70 bits per heavy atom. The minimum absolute atomic E-state index is 0.0949. The van der Waals surface area contributed by atoms with E-state index in [0.29, 0.717) is 6.54 Å². The highest BCUT2D eigenvalue weighted by molar-refractivity contribution is 5.81. The molecule has 1 aliphatic rings. The summed E-state index contributed by atoms with van der Waals surface area (Å²) in [6.07, 6.45) is 4.15. The molecule has 2 unspecified atom stereocenters. The van der Waals surface area contributed by atoms with Gasteiger partial charge < -0.3 is 14.6 Å². The maximum absolute atomic E-state index is 13.9. The minimum Gasteiger partial charge on any atom is -0.497 e. The van der Waals surface area contributed by atoms with E-state index in [4.69, 9.17) is 4.74 Å². The van der Waals surface area contributed by atoms with Gasteiger partial charge in [-0.1, -0.05) is 25.5 Å². The predicted octanol–water partition coefficient (Wildman–Crippen LogP) is 3.75. The lowest BCUT2D eigenvalue weighted by molar-refractivity contribution is -0.137. The van der Waals surface area contributed by atoms with Crippen molar-refractivity contribution in [3.8, 4) is 5.75 Å². The van der Waals surface area contributed by atoms with Gasteiger partial charge in [-0.3, -0.25) is 9.48 Å². The summed E-state index contributed by atoms with van der Waals surface area (Å²) < 4.78 is 7.21. The van der Waals surface area contributed by atoms with E-state index >= 15 is 0 Å². The van der Waals surface area contributed by atoms with Crippen LogP contribution < -0.4 is 4.74 Å². The molecule has 4 rings (SSSR count). The molecule has 0 saturated carbocycles. The zero-order valence-corrected chi connectivity index (χ0v) is 18.1. The number of nitrogens with one attached hydrogen (secondary N) is 1. The van der Waals surface area contributed by atoms with E-state index in [1.165, 1.54) is 0 Å². The number of hydrogen-bond donors (Lipinski definition) is 1. The smallest absolute Gasteiger partial charge is 0.248 e. The molecule has 0 bridgehead atoms. The number of amides is 1. The highest BCUT2D eigenvalue weighted by Gasteiger charge is 2.37. The number of rotatable bonds is 6. The standard InChI is InChI=1S/C23H29N5O2/c1-5-6-20(28-16(3)13-15(2)26-28)23(29)27-12-11-19-21(25-14-24-19)22(27)17-7-9-18(30-4)10-8-17/h7-10,13-14,20,22H,5-6,11-12H2,1-4H3,(H,24,25). The lowest BCUT2D eigenvalue weighted by Crippen LogP contribution is -2.44. The van der Waals surface area contributed by atoms with E-state index in [9.17, 15) is 4.79 Å². The predicted molar refractivity (Wildman–Crippen MR) is 114 cm³/mol. The van der Waals surface area contributed by atoms with Gasteiger partial charge in [0.05, 0.1) is 24.8 Å². The van der Waals surface area contributed by atoms with E-state index in [1.807, 2.05) is 53.8 Å². The van der Waals surface area contributed by atoms with Gasteiger partial charge in [-0.25, -0.2) is 4.98 Å². The molecule has 0 saturated heterocycles. The number of ether oxygens (including phenoxy) is 1. The number of imidazole rings is 1. The van der Waals surface area contributed by atoms with Crippen molar-refractivity contribution in [3.63, 3.8) is 0 Å². The monoisotopic (exact) mass is 407 g/mol. The van der Waals surface area contributed by atoms with Crippen molar-refractivity contribution in [2.45, 2.75) is 52.1 Å². The third-order valence-electron chi connectivity index (χ3n) is 5.83. The lowest BCUT2D eigenvalue weighted by atomic mass is 9.94. The second-order valence-corrected chi connectivity index (χ2v) is 7.90. The summed E-state index contributed by atoms with van der Waals surface area (Å²) in [6, 6.07) is 9.39. The van der Waals surface area contributed by atoms with Gasteiger partial charge in [-0.15, -0.1) is 0 Å². The van der Waals surface area contributed by atoms with Crippen LogP contribution in [0.25, 0.3) is 0 Å². The van der Waals surface area contributed by atoms with Gasteiger partial charge in [-0.2, -0.15) is 5.10 Å². The number of aromatic nitrogens is 4. The first-order valence-corrected chi connectivity index (χ1v) is 10.5. The van der Waals surface area contributed by atoms with Gasteiger partial charge in [-0.05, 0) is 44.0 Å². The second kappa shape index (κ2) is 8.34. The molecule has 0 aliphatic carbocycles. The van der Waals surface area contributed by atoms with Crippen molar-refractivity contribution >= 4 is 5.91 Å². The number of aryl methyl sites for hydroxylation is 2. The number of carbonyl (C=O) groups excluding carboxylic acids is 1. The van der Waals surface area contributed by atoms with E-state index in [1.54, 1.807) is 13.4 Å². The zero-order valence-electron chi connectivity index (χ0n) is 18.1. The molecule has 3 aromatic rings. The maximum atomic E-state index is 13.9. The van der Waals surface area contributed by atoms with Crippen LogP contribution in [-0.4, -0.2) is 44.2 Å². The van der Waals surface area contributed by atoms with Crippen molar-refractivity contribution in [2.24, 2.45) is 0 Å². The average molecular weight is 408 g/mol. The molecule has 3 heterocycles. The van der Waals surface area contributed by atoms with Crippen LogP contribution in [0.5, 0.6) is 5.75 Å². The summed E-state index contributed by atoms with van der Waals surface area (Å²) in [5, 5.41) is 4.63. The van der Waals surface area contributed by atoms with E-state index in [-0.39, 0.29) is 18.0 Å². The number of H-pyrrole nitrogens is 1. The van der Waals surface area contributed by atoms with Gasteiger partial charge in [0.1, 0.15) is 17.8 Å². The van der Waals surface area contributed by atoms with Crippen LogP contribution in [0.1, 0.15) is 60.2 Å². The fourth-order valence-corrected chi connectivity index (χ4v) is 4.41. The van der Waals surface area contributed by atoms with Crippen LogP contribution in [0.15, 0.2) is 36.7 Å². The number of methoxy groups -OCH3 is 1. The van der Waals surface area contributed by atoms with Crippen LogP contribution in [0, 0.1) is 13.8 Å². The van der Waals surface area contributed by atoms with Crippen LogP contribution >= 0.6 is 0 Å². The average Bonchev–Trinajstić information content (AvgIpc) is 3.36. The molecule has 2 atom stereocenters. The summed E-state index contributed by atoms with van der Waals surface area (Å²) >= 11 is 0. The minimum atomic E-state index is -0.315. The molecule has 0 spiro atoms. The summed E-state index contributed by atoms with van der Waals surface area (Å²) in [4.78, 5) is 23.7. The van der Waals surface area contributed by atoms with Crippen molar-refractivity contribution < 1.29 is 9.53 Å². The van der Waals surface area contributed by atoms with Gasteiger partial charge in [0.25, 0.3) is 0 Å². The molecule has 30 heavy (non-hydrogen) atoms. The molecule has 1 aliphatic heterocycles. The van der Waals surface area contributed by atoms with Gasteiger partial charge >= 0.3 is 0 Å². The first-order chi connectivity index (χ1) is 14.5. The molecule has 0 radical (unpaired) electrons. The molecular formula is C23H29N5O2. The second-order valence-electron chi connectivity index (χ2n) is 7.90.